The first-order valence-electron chi connectivity index (χ1n) is 5.46. The van der Waals surface area contributed by atoms with Gasteiger partial charge in [-0.05, 0) is 52.4 Å². The Morgan fingerprint density at radius 3 is 1.93 bits per heavy atom. The highest BCUT2D eigenvalue weighted by atomic mass is 31.1. The van der Waals surface area contributed by atoms with E-state index in [1.807, 2.05) is 0 Å². The molecule has 0 heterocycles. The van der Waals surface area contributed by atoms with Gasteiger partial charge in [-0.2, -0.15) is 0 Å². The van der Waals surface area contributed by atoms with Crippen LogP contribution in [0.15, 0.2) is 0 Å². The van der Waals surface area contributed by atoms with Crippen molar-refractivity contribution in [2.45, 2.75) is 32.9 Å². The molecule has 0 aliphatic rings. The maximum absolute atomic E-state index is 5.78. The fourth-order valence-corrected chi connectivity index (χ4v) is 5.01. The molecule has 0 amide bonds. The smallest absolute Gasteiger partial charge is 0.334 e. The minimum atomic E-state index is -1.81. The van der Waals surface area contributed by atoms with Gasteiger partial charge in [0.05, 0.1) is 0 Å². The van der Waals surface area contributed by atoms with Crippen molar-refractivity contribution in [1.82, 2.24) is 0 Å². The zero-order valence-electron chi connectivity index (χ0n) is 10.3. The summed E-state index contributed by atoms with van der Waals surface area (Å²) in [6, 6.07) is 1.15. The third kappa shape index (κ3) is 6.94. The first-order chi connectivity index (χ1) is 6.54. The van der Waals surface area contributed by atoms with Crippen LogP contribution >= 0.6 is 7.92 Å². The third-order valence-corrected chi connectivity index (χ3v) is 6.41. The molecule has 0 saturated carbocycles. The average molecular weight is 236 g/mol. The van der Waals surface area contributed by atoms with E-state index < -0.39 is 8.56 Å². The largest absolute Gasteiger partial charge is 0.395 e. The van der Waals surface area contributed by atoms with E-state index in [9.17, 15) is 0 Å². The van der Waals surface area contributed by atoms with Crippen LogP contribution in [0.2, 0.25) is 12.6 Å². The van der Waals surface area contributed by atoms with Crippen molar-refractivity contribution in [3.8, 4) is 0 Å². The molecule has 86 valence electrons. The van der Waals surface area contributed by atoms with Crippen molar-refractivity contribution in [2.24, 2.45) is 0 Å². The van der Waals surface area contributed by atoms with E-state index in [4.69, 9.17) is 8.85 Å². The van der Waals surface area contributed by atoms with Crippen molar-refractivity contribution in [3.63, 3.8) is 0 Å². The standard InChI is InChI=1S/C10H25O2PSi/c1-6-11-14(5,12-7-2)10-8-9-13(3)4/h6-10H2,1-5H3. The molecule has 0 aliphatic heterocycles. The monoisotopic (exact) mass is 236 g/mol. The average Bonchev–Trinajstić information content (AvgIpc) is 2.03. The van der Waals surface area contributed by atoms with Crippen LogP contribution in [0.25, 0.3) is 0 Å². The predicted octanol–water partition coefficient (Wildman–Crippen LogP) is 3.26. The zero-order valence-corrected chi connectivity index (χ0v) is 12.2. The molecule has 0 unspecified atom stereocenters. The molecular weight excluding hydrogens is 211 g/mol. The van der Waals surface area contributed by atoms with Gasteiger partial charge in [0.15, 0.2) is 0 Å². The Balaban J connectivity index is 3.83. The molecule has 4 heteroatoms. The quantitative estimate of drug-likeness (QED) is 0.476. The van der Waals surface area contributed by atoms with E-state index in [-0.39, 0.29) is 7.92 Å². The molecule has 2 nitrogen and oxygen atoms in total. The van der Waals surface area contributed by atoms with Crippen molar-refractivity contribution in [1.29, 1.82) is 0 Å². The van der Waals surface area contributed by atoms with Gasteiger partial charge >= 0.3 is 8.56 Å². The summed E-state index contributed by atoms with van der Waals surface area (Å²) in [4.78, 5) is 0. The van der Waals surface area contributed by atoms with Crippen LogP contribution in [0.4, 0.5) is 0 Å². The fourth-order valence-electron chi connectivity index (χ4n) is 1.51. The molecule has 0 radical (unpaired) electrons. The summed E-state index contributed by atoms with van der Waals surface area (Å²) >= 11 is 0. The Labute approximate surface area is 91.4 Å². The van der Waals surface area contributed by atoms with Crippen LogP contribution in [0.1, 0.15) is 20.3 Å². The van der Waals surface area contributed by atoms with Gasteiger partial charge in [-0.25, -0.2) is 0 Å². The van der Waals surface area contributed by atoms with Crippen LogP contribution in [0, 0.1) is 0 Å². The molecule has 0 atom stereocenters. The second kappa shape index (κ2) is 7.81. The van der Waals surface area contributed by atoms with Gasteiger partial charge in [-0.3, -0.25) is 0 Å². The van der Waals surface area contributed by atoms with Gasteiger partial charge in [-0.15, -0.1) is 7.92 Å². The Hall–Kier alpha value is 0.567. The molecule has 0 N–H and O–H groups in total. The summed E-state index contributed by atoms with van der Waals surface area (Å²) in [7, 11) is -1.57. The summed E-state index contributed by atoms with van der Waals surface area (Å²) in [6.45, 7) is 12.5. The van der Waals surface area contributed by atoms with Crippen LogP contribution in [-0.4, -0.2) is 41.3 Å². The highest BCUT2D eigenvalue weighted by molar-refractivity contribution is 7.55. The summed E-state index contributed by atoms with van der Waals surface area (Å²) < 4.78 is 11.6. The number of hydrogen-bond donors (Lipinski definition) is 0. The molecule has 0 saturated heterocycles. The molecule has 0 fully saturated rings. The second-order valence-corrected chi connectivity index (χ2v) is 9.86. The van der Waals surface area contributed by atoms with Crippen molar-refractivity contribution in [2.75, 3.05) is 32.7 Å². The SMILES string of the molecule is CCO[Si](C)(CCCP(C)C)OCC. The molecule has 0 bridgehead atoms. The minimum Gasteiger partial charge on any atom is -0.395 e. The first-order valence-corrected chi connectivity index (χ1v) is 10.4. The Kier molecular flexibility index (Phi) is 8.12. The molecule has 0 spiro atoms. The zero-order chi connectivity index (χ0) is 11.0. The maximum Gasteiger partial charge on any atom is 0.334 e. The Bertz CT molecular complexity index is 136. The lowest BCUT2D eigenvalue weighted by Gasteiger charge is -2.26. The van der Waals surface area contributed by atoms with Gasteiger partial charge in [0.1, 0.15) is 0 Å². The summed E-state index contributed by atoms with van der Waals surface area (Å²) in [6.07, 6.45) is 2.61. The van der Waals surface area contributed by atoms with Gasteiger partial charge in [0.25, 0.3) is 0 Å². The molecular formula is C10H25O2PSi. The molecule has 0 aromatic carbocycles. The molecule has 0 rings (SSSR count). The second-order valence-electron chi connectivity index (χ2n) is 3.91. The third-order valence-electron chi connectivity index (χ3n) is 2.14. The molecule has 14 heavy (non-hydrogen) atoms. The van der Waals surface area contributed by atoms with E-state index in [0.29, 0.717) is 0 Å². The van der Waals surface area contributed by atoms with Crippen LogP contribution in [0.3, 0.4) is 0 Å². The van der Waals surface area contributed by atoms with Crippen molar-refractivity contribution < 1.29 is 8.85 Å². The van der Waals surface area contributed by atoms with Gasteiger partial charge in [-0.1, -0.05) is 0 Å². The number of hydrogen-bond acceptors (Lipinski definition) is 2. The van der Waals surface area contributed by atoms with E-state index in [2.05, 4.69) is 33.7 Å². The predicted molar refractivity (Wildman–Crippen MR) is 67.9 cm³/mol. The Morgan fingerprint density at radius 1 is 1.07 bits per heavy atom. The molecule has 0 aliphatic carbocycles. The van der Waals surface area contributed by atoms with E-state index in [1.165, 1.54) is 12.6 Å². The summed E-state index contributed by atoms with van der Waals surface area (Å²) in [5.41, 5.74) is 0. The van der Waals surface area contributed by atoms with Crippen LogP contribution < -0.4 is 0 Å². The van der Waals surface area contributed by atoms with E-state index in [1.54, 1.807) is 0 Å². The van der Waals surface area contributed by atoms with Crippen LogP contribution in [0.5, 0.6) is 0 Å². The van der Waals surface area contributed by atoms with Crippen molar-refractivity contribution in [3.05, 3.63) is 0 Å². The first kappa shape index (κ1) is 14.6. The highest BCUT2D eigenvalue weighted by Gasteiger charge is 2.29. The summed E-state index contributed by atoms with van der Waals surface area (Å²) in [5.74, 6) is 0. The highest BCUT2D eigenvalue weighted by Crippen LogP contribution is 2.28. The maximum atomic E-state index is 5.78. The van der Waals surface area contributed by atoms with Crippen molar-refractivity contribution >= 4 is 16.5 Å². The minimum absolute atomic E-state index is 0.239. The topological polar surface area (TPSA) is 18.5 Å². The van der Waals surface area contributed by atoms with Gasteiger partial charge in [0.2, 0.25) is 0 Å². The van der Waals surface area contributed by atoms with E-state index >= 15 is 0 Å². The molecule has 0 aromatic rings. The lowest BCUT2D eigenvalue weighted by Crippen LogP contribution is -2.38. The lowest BCUT2D eigenvalue weighted by molar-refractivity contribution is 0.189. The van der Waals surface area contributed by atoms with E-state index in [0.717, 1.165) is 19.3 Å². The van der Waals surface area contributed by atoms with Gasteiger partial charge < -0.3 is 8.85 Å². The Morgan fingerprint density at radius 2 is 1.57 bits per heavy atom. The fraction of sp³-hybridized carbons (Fsp3) is 1.00. The molecule has 0 aromatic heterocycles. The van der Waals surface area contributed by atoms with Crippen LogP contribution in [-0.2, 0) is 8.85 Å². The van der Waals surface area contributed by atoms with Gasteiger partial charge in [0, 0.05) is 13.2 Å². The number of rotatable bonds is 8. The lowest BCUT2D eigenvalue weighted by atomic mass is 10.6. The summed E-state index contributed by atoms with van der Waals surface area (Å²) in [5, 5.41) is 0. The normalized spacial score (nSPS) is 12.4.